The molecule has 0 atom stereocenters. The molecule has 2 aromatic carbocycles. The number of hydrogen-bond acceptors (Lipinski definition) is 4. The number of benzene rings is 2. The van der Waals surface area contributed by atoms with Gasteiger partial charge in [-0.05, 0) is 30.3 Å². The van der Waals surface area contributed by atoms with Crippen LogP contribution in [0.3, 0.4) is 0 Å². The van der Waals surface area contributed by atoms with Crippen LogP contribution in [0, 0.1) is 0 Å². The van der Waals surface area contributed by atoms with Gasteiger partial charge in [0.05, 0.1) is 12.0 Å². The van der Waals surface area contributed by atoms with Crippen molar-refractivity contribution in [3.63, 3.8) is 0 Å². The van der Waals surface area contributed by atoms with Gasteiger partial charge in [-0.2, -0.15) is 8.78 Å². The fraction of sp³-hybridized carbons (Fsp3) is 0.200. The minimum atomic E-state index is -3.78. The van der Waals surface area contributed by atoms with Gasteiger partial charge in [-0.25, -0.2) is 13.1 Å². The maximum atomic E-state index is 12.3. The van der Waals surface area contributed by atoms with Crippen molar-refractivity contribution in [3.8, 4) is 11.5 Å². The van der Waals surface area contributed by atoms with Gasteiger partial charge in [0, 0.05) is 12.1 Å². The van der Waals surface area contributed by atoms with Crippen LogP contribution in [0.4, 0.5) is 8.78 Å². The van der Waals surface area contributed by atoms with Crippen LogP contribution in [-0.4, -0.2) is 22.1 Å². The van der Waals surface area contributed by atoms with Crippen LogP contribution in [0.5, 0.6) is 11.5 Å². The molecule has 0 radical (unpaired) electrons. The summed E-state index contributed by atoms with van der Waals surface area (Å²) in [5.74, 6) is 0.458. The Balaban J connectivity index is 2.13. The van der Waals surface area contributed by atoms with Gasteiger partial charge in [0.2, 0.25) is 10.0 Å². The number of alkyl halides is 2. The molecule has 5 nitrogen and oxygen atoms in total. The third-order valence-electron chi connectivity index (χ3n) is 3.01. The average molecular weight is 343 g/mol. The Morgan fingerprint density at radius 3 is 2.35 bits per heavy atom. The van der Waals surface area contributed by atoms with Crippen molar-refractivity contribution < 1.29 is 26.7 Å². The van der Waals surface area contributed by atoms with Gasteiger partial charge in [-0.3, -0.25) is 0 Å². The van der Waals surface area contributed by atoms with Crippen molar-refractivity contribution in [1.29, 1.82) is 0 Å². The molecule has 2 aromatic rings. The van der Waals surface area contributed by atoms with Crippen LogP contribution < -0.4 is 14.2 Å². The summed E-state index contributed by atoms with van der Waals surface area (Å²) >= 11 is 0. The minimum absolute atomic E-state index is 0.0468. The van der Waals surface area contributed by atoms with Crippen LogP contribution in [-0.2, 0) is 16.6 Å². The van der Waals surface area contributed by atoms with Crippen molar-refractivity contribution in [3.05, 3.63) is 54.1 Å². The van der Waals surface area contributed by atoms with Gasteiger partial charge in [-0.15, -0.1) is 0 Å². The van der Waals surface area contributed by atoms with E-state index in [1.54, 1.807) is 6.07 Å². The van der Waals surface area contributed by atoms with Crippen LogP contribution >= 0.6 is 0 Å². The number of methoxy groups -OCH3 is 1. The number of sulfonamides is 1. The molecule has 0 aliphatic rings. The maximum absolute atomic E-state index is 12.3. The van der Waals surface area contributed by atoms with E-state index in [0.717, 1.165) is 0 Å². The highest BCUT2D eigenvalue weighted by molar-refractivity contribution is 7.89. The third-order valence-corrected chi connectivity index (χ3v) is 4.43. The van der Waals surface area contributed by atoms with E-state index in [9.17, 15) is 17.2 Å². The average Bonchev–Trinajstić information content (AvgIpc) is 2.53. The second kappa shape index (κ2) is 7.38. The maximum Gasteiger partial charge on any atom is 0.387 e. The molecule has 124 valence electrons. The highest BCUT2D eigenvalue weighted by Gasteiger charge is 2.16. The summed E-state index contributed by atoms with van der Waals surface area (Å²) in [7, 11) is -2.30. The van der Waals surface area contributed by atoms with E-state index in [1.807, 2.05) is 0 Å². The van der Waals surface area contributed by atoms with Gasteiger partial charge in [0.1, 0.15) is 11.5 Å². The molecule has 0 heterocycles. The first-order valence-electron chi connectivity index (χ1n) is 6.59. The molecule has 8 heteroatoms. The molecular weight excluding hydrogens is 328 g/mol. The fourth-order valence-corrected chi connectivity index (χ4v) is 2.88. The minimum Gasteiger partial charge on any atom is -0.497 e. The van der Waals surface area contributed by atoms with Gasteiger partial charge < -0.3 is 9.47 Å². The number of hydrogen-bond donors (Lipinski definition) is 1. The van der Waals surface area contributed by atoms with E-state index in [4.69, 9.17) is 4.74 Å². The van der Waals surface area contributed by atoms with Crippen molar-refractivity contribution in [2.24, 2.45) is 0 Å². The smallest absolute Gasteiger partial charge is 0.387 e. The Hall–Kier alpha value is -2.19. The highest BCUT2D eigenvalue weighted by atomic mass is 32.2. The molecule has 23 heavy (non-hydrogen) atoms. The number of halogens is 2. The van der Waals surface area contributed by atoms with Gasteiger partial charge in [0.25, 0.3) is 0 Å². The van der Waals surface area contributed by atoms with Crippen molar-refractivity contribution in [1.82, 2.24) is 4.72 Å². The Kier molecular flexibility index (Phi) is 5.51. The van der Waals surface area contributed by atoms with Gasteiger partial charge >= 0.3 is 6.61 Å². The Labute approximate surface area is 132 Å². The van der Waals surface area contributed by atoms with E-state index >= 15 is 0 Å². The standard InChI is InChI=1S/C15H15F2NO4S/c1-21-12-6-8-13(9-7-12)23(19,20)18-10-11-4-2-3-5-14(11)22-15(16)17/h2-9,15,18H,10H2,1H3. The molecule has 0 aromatic heterocycles. The predicted molar refractivity (Wildman–Crippen MR) is 80.1 cm³/mol. The number of ether oxygens (including phenoxy) is 2. The Morgan fingerprint density at radius 2 is 1.74 bits per heavy atom. The number of nitrogens with one attached hydrogen (secondary N) is 1. The first-order chi connectivity index (χ1) is 10.9. The third kappa shape index (κ3) is 4.64. The summed E-state index contributed by atoms with van der Waals surface area (Å²) in [6.45, 7) is -3.15. The summed E-state index contributed by atoms with van der Waals surface area (Å²) in [4.78, 5) is 0.0468. The lowest BCUT2D eigenvalue weighted by Crippen LogP contribution is -2.23. The van der Waals surface area contributed by atoms with E-state index in [0.29, 0.717) is 11.3 Å². The second-order valence-electron chi connectivity index (χ2n) is 4.49. The molecule has 0 saturated heterocycles. The molecule has 0 bridgehead atoms. The fourth-order valence-electron chi connectivity index (χ4n) is 1.87. The predicted octanol–water partition coefficient (Wildman–Crippen LogP) is 2.78. The highest BCUT2D eigenvalue weighted by Crippen LogP contribution is 2.21. The molecule has 0 aliphatic carbocycles. The number of rotatable bonds is 7. The van der Waals surface area contributed by atoms with E-state index < -0.39 is 16.6 Å². The van der Waals surface area contributed by atoms with E-state index in [1.165, 1.54) is 49.6 Å². The Bertz CT molecular complexity index is 748. The first kappa shape index (κ1) is 17.2. The molecule has 0 aliphatic heterocycles. The van der Waals surface area contributed by atoms with Crippen LogP contribution in [0.2, 0.25) is 0 Å². The zero-order valence-corrected chi connectivity index (χ0v) is 13.0. The first-order valence-corrected chi connectivity index (χ1v) is 8.07. The van der Waals surface area contributed by atoms with E-state index in [-0.39, 0.29) is 17.2 Å². The molecule has 0 unspecified atom stereocenters. The van der Waals surface area contributed by atoms with Crippen LogP contribution in [0.1, 0.15) is 5.56 Å². The summed E-state index contributed by atoms with van der Waals surface area (Å²) < 4.78 is 60.7. The van der Waals surface area contributed by atoms with Crippen molar-refractivity contribution in [2.45, 2.75) is 18.1 Å². The number of para-hydroxylation sites is 1. The largest absolute Gasteiger partial charge is 0.497 e. The summed E-state index contributed by atoms with van der Waals surface area (Å²) in [6.07, 6.45) is 0. The van der Waals surface area contributed by atoms with Crippen LogP contribution in [0.25, 0.3) is 0 Å². The van der Waals surface area contributed by atoms with Crippen LogP contribution in [0.15, 0.2) is 53.4 Å². The Morgan fingerprint density at radius 1 is 1.09 bits per heavy atom. The molecular formula is C15H15F2NO4S. The lowest BCUT2D eigenvalue weighted by atomic mass is 10.2. The monoisotopic (exact) mass is 343 g/mol. The summed E-state index contributed by atoms with van der Waals surface area (Å²) in [5.41, 5.74) is 0.310. The zero-order valence-electron chi connectivity index (χ0n) is 12.2. The van der Waals surface area contributed by atoms with Crippen molar-refractivity contribution >= 4 is 10.0 Å². The molecule has 0 fully saturated rings. The second-order valence-corrected chi connectivity index (χ2v) is 6.25. The lowest BCUT2D eigenvalue weighted by molar-refractivity contribution is -0.0504. The molecule has 0 amide bonds. The summed E-state index contributed by atoms with van der Waals surface area (Å²) in [5, 5.41) is 0. The van der Waals surface area contributed by atoms with E-state index in [2.05, 4.69) is 9.46 Å². The quantitative estimate of drug-likeness (QED) is 0.840. The summed E-state index contributed by atoms with van der Waals surface area (Å²) in [6, 6.07) is 11.8. The topological polar surface area (TPSA) is 64.6 Å². The zero-order chi connectivity index (χ0) is 16.9. The van der Waals surface area contributed by atoms with Crippen molar-refractivity contribution in [2.75, 3.05) is 7.11 Å². The van der Waals surface area contributed by atoms with Gasteiger partial charge in [-0.1, -0.05) is 18.2 Å². The SMILES string of the molecule is COc1ccc(S(=O)(=O)NCc2ccccc2OC(F)F)cc1. The molecule has 0 saturated carbocycles. The molecule has 2 rings (SSSR count). The molecule has 1 N–H and O–H groups in total. The molecule has 0 spiro atoms. The van der Waals surface area contributed by atoms with Gasteiger partial charge in [0.15, 0.2) is 0 Å². The lowest BCUT2D eigenvalue weighted by Gasteiger charge is -2.12. The normalized spacial score (nSPS) is 11.5.